The van der Waals surface area contributed by atoms with Crippen LogP contribution in [0.3, 0.4) is 0 Å². The first-order valence-electron chi connectivity index (χ1n) is 7.84. The molecule has 3 aromatic heterocycles. The van der Waals surface area contributed by atoms with Gasteiger partial charge in [0.05, 0.1) is 12.0 Å². The smallest absolute Gasteiger partial charge is 0.272 e. The molecule has 0 fully saturated rings. The minimum atomic E-state index is -0.391. The second kappa shape index (κ2) is 6.35. The molecule has 3 heterocycles. The van der Waals surface area contributed by atoms with Gasteiger partial charge in [-0.1, -0.05) is 26.8 Å². The Hall–Kier alpha value is -3.22. The summed E-state index contributed by atoms with van der Waals surface area (Å²) in [6.45, 7) is 6.12. The minimum absolute atomic E-state index is 0.158. The molecule has 25 heavy (non-hydrogen) atoms. The fraction of sp³-hybridized carbons (Fsp3) is 0.222. The number of aromatic nitrogens is 5. The standard InChI is InChI=1S/C18H19N5O2/c1-18(2,3)15-12(20-10-21-15)8-14-17(25)22-13(16(24)23-14)7-11-5-4-6-19-9-11/h4-10H,1-3H3,(H,20,21)(H,22,25)(H,23,24)/b13-7+,14-8+. The van der Waals surface area contributed by atoms with Crippen molar-refractivity contribution in [3.05, 3.63) is 79.2 Å². The molecule has 0 aliphatic carbocycles. The summed E-state index contributed by atoms with van der Waals surface area (Å²) in [5, 5.41) is 0.333. The average Bonchev–Trinajstić information content (AvgIpc) is 3.02. The molecule has 0 aliphatic rings. The van der Waals surface area contributed by atoms with E-state index in [2.05, 4.69) is 24.9 Å². The molecular formula is C18H19N5O2. The first kappa shape index (κ1) is 16.6. The van der Waals surface area contributed by atoms with Crippen LogP contribution in [0.4, 0.5) is 0 Å². The maximum absolute atomic E-state index is 12.3. The lowest BCUT2D eigenvalue weighted by Crippen LogP contribution is -2.46. The number of nitrogens with zero attached hydrogens (tertiary/aromatic N) is 2. The van der Waals surface area contributed by atoms with Gasteiger partial charge in [0.25, 0.3) is 11.1 Å². The second-order valence-electron chi connectivity index (χ2n) is 6.72. The predicted octanol–water partition coefficient (Wildman–Crippen LogP) is 0.136. The van der Waals surface area contributed by atoms with Crippen molar-refractivity contribution in [2.24, 2.45) is 0 Å². The van der Waals surface area contributed by atoms with Crippen LogP contribution in [0.5, 0.6) is 0 Å². The lowest BCUT2D eigenvalue weighted by Gasteiger charge is -2.16. The van der Waals surface area contributed by atoms with Crippen LogP contribution < -0.4 is 21.8 Å². The summed E-state index contributed by atoms with van der Waals surface area (Å²) in [5.74, 6) is 0. The zero-order chi connectivity index (χ0) is 18.0. The van der Waals surface area contributed by atoms with Gasteiger partial charge in [-0.3, -0.25) is 14.6 Å². The van der Waals surface area contributed by atoms with Crippen molar-refractivity contribution in [2.45, 2.75) is 26.2 Å². The van der Waals surface area contributed by atoms with Crippen LogP contribution in [0, 0.1) is 0 Å². The van der Waals surface area contributed by atoms with E-state index in [-0.39, 0.29) is 21.7 Å². The molecule has 0 spiro atoms. The molecule has 0 saturated heterocycles. The van der Waals surface area contributed by atoms with E-state index in [9.17, 15) is 9.59 Å². The third-order valence-corrected chi connectivity index (χ3v) is 3.68. The molecule has 0 atom stereocenters. The van der Waals surface area contributed by atoms with Gasteiger partial charge in [-0.15, -0.1) is 0 Å². The van der Waals surface area contributed by atoms with Crippen LogP contribution >= 0.6 is 0 Å². The van der Waals surface area contributed by atoms with Gasteiger partial charge in [0, 0.05) is 23.5 Å². The number of imidazole rings is 1. The largest absolute Gasteiger partial charge is 0.348 e. The molecule has 7 nitrogen and oxygen atoms in total. The minimum Gasteiger partial charge on any atom is -0.348 e. The Bertz CT molecular complexity index is 1110. The van der Waals surface area contributed by atoms with Gasteiger partial charge in [-0.2, -0.15) is 0 Å². The van der Waals surface area contributed by atoms with Crippen LogP contribution in [0.25, 0.3) is 12.2 Å². The molecule has 7 heteroatoms. The molecule has 0 bridgehead atoms. The Morgan fingerprint density at radius 1 is 1.04 bits per heavy atom. The lowest BCUT2D eigenvalue weighted by atomic mass is 9.90. The fourth-order valence-electron chi connectivity index (χ4n) is 2.48. The number of pyridine rings is 1. The zero-order valence-corrected chi connectivity index (χ0v) is 14.3. The van der Waals surface area contributed by atoms with Crippen molar-refractivity contribution >= 4 is 12.2 Å². The highest BCUT2D eigenvalue weighted by molar-refractivity contribution is 5.48. The van der Waals surface area contributed by atoms with Crippen LogP contribution in [-0.2, 0) is 5.41 Å². The third-order valence-electron chi connectivity index (χ3n) is 3.68. The summed E-state index contributed by atoms with van der Waals surface area (Å²) in [4.78, 5) is 41.2. The van der Waals surface area contributed by atoms with Crippen molar-refractivity contribution in [3.63, 3.8) is 0 Å². The van der Waals surface area contributed by atoms with Gasteiger partial charge in [-0.25, -0.2) is 4.98 Å². The Morgan fingerprint density at radius 3 is 2.32 bits per heavy atom. The Kier molecular flexibility index (Phi) is 4.22. The molecule has 3 rings (SSSR count). The van der Waals surface area contributed by atoms with Crippen molar-refractivity contribution in [3.8, 4) is 0 Å². The van der Waals surface area contributed by atoms with E-state index in [4.69, 9.17) is 0 Å². The maximum atomic E-state index is 12.3. The Morgan fingerprint density at radius 2 is 1.72 bits per heavy atom. The molecule has 0 amide bonds. The van der Waals surface area contributed by atoms with Crippen LogP contribution in [0.15, 0.2) is 40.4 Å². The Balaban J connectivity index is 2.14. The number of hydrogen-bond acceptors (Lipinski definition) is 4. The van der Waals surface area contributed by atoms with Gasteiger partial charge >= 0.3 is 0 Å². The quantitative estimate of drug-likeness (QED) is 0.618. The summed E-state index contributed by atoms with van der Waals surface area (Å²) in [5.41, 5.74) is 1.29. The Labute approximate surface area is 143 Å². The molecule has 128 valence electrons. The molecule has 0 aromatic carbocycles. The summed E-state index contributed by atoms with van der Waals surface area (Å²) in [6.07, 6.45) is 7.97. The fourth-order valence-corrected chi connectivity index (χ4v) is 2.48. The van der Waals surface area contributed by atoms with Crippen LogP contribution in [0.1, 0.15) is 37.7 Å². The molecule has 0 unspecified atom stereocenters. The number of H-pyrrole nitrogens is 3. The third kappa shape index (κ3) is 3.65. The van der Waals surface area contributed by atoms with Crippen molar-refractivity contribution in [2.75, 3.05) is 0 Å². The van der Waals surface area contributed by atoms with Crippen LogP contribution in [-0.4, -0.2) is 24.9 Å². The highest BCUT2D eigenvalue weighted by Crippen LogP contribution is 2.22. The molecule has 0 saturated carbocycles. The molecule has 0 aliphatic heterocycles. The van der Waals surface area contributed by atoms with Gasteiger partial charge in [0.2, 0.25) is 0 Å². The average molecular weight is 337 g/mol. The van der Waals surface area contributed by atoms with E-state index in [1.807, 2.05) is 20.8 Å². The van der Waals surface area contributed by atoms with Gasteiger partial charge < -0.3 is 15.0 Å². The first-order valence-corrected chi connectivity index (χ1v) is 7.84. The number of aromatic amines is 3. The number of rotatable bonds is 2. The van der Waals surface area contributed by atoms with Crippen molar-refractivity contribution in [1.82, 2.24) is 24.9 Å². The molecule has 0 radical (unpaired) electrons. The summed E-state index contributed by atoms with van der Waals surface area (Å²) in [7, 11) is 0. The second-order valence-corrected chi connectivity index (χ2v) is 6.72. The SMILES string of the molecule is CC(C)(C)c1[nH]cnc1/C=c1/[nH]c(=O)/c(=C\c2cccnc2)[nH]c1=O. The summed E-state index contributed by atoms with van der Waals surface area (Å²) < 4.78 is 0. The normalized spacial score (nSPS) is 13.4. The van der Waals surface area contributed by atoms with Gasteiger partial charge in [-0.05, 0) is 23.8 Å². The highest BCUT2D eigenvalue weighted by Gasteiger charge is 2.19. The van der Waals surface area contributed by atoms with E-state index in [0.29, 0.717) is 5.69 Å². The van der Waals surface area contributed by atoms with Crippen molar-refractivity contribution < 1.29 is 0 Å². The summed E-state index contributed by atoms with van der Waals surface area (Å²) >= 11 is 0. The van der Waals surface area contributed by atoms with Crippen LogP contribution in [0.2, 0.25) is 0 Å². The van der Waals surface area contributed by atoms with E-state index in [1.54, 1.807) is 43.0 Å². The van der Waals surface area contributed by atoms with E-state index < -0.39 is 5.56 Å². The number of hydrogen-bond donors (Lipinski definition) is 3. The van der Waals surface area contributed by atoms with Crippen molar-refractivity contribution in [1.29, 1.82) is 0 Å². The monoisotopic (exact) mass is 337 g/mol. The topological polar surface area (TPSA) is 107 Å². The van der Waals surface area contributed by atoms with E-state index >= 15 is 0 Å². The first-order chi connectivity index (χ1) is 11.8. The summed E-state index contributed by atoms with van der Waals surface area (Å²) in [6, 6.07) is 3.55. The number of nitrogens with one attached hydrogen (secondary N) is 3. The molecular weight excluding hydrogens is 318 g/mol. The molecule has 3 N–H and O–H groups in total. The van der Waals surface area contributed by atoms with E-state index in [0.717, 1.165) is 11.3 Å². The van der Waals surface area contributed by atoms with Gasteiger partial charge in [0.15, 0.2) is 0 Å². The highest BCUT2D eigenvalue weighted by atomic mass is 16.1. The maximum Gasteiger partial charge on any atom is 0.272 e. The lowest BCUT2D eigenvalue weighted by molar-refractivity contribution is 0.571. The molecule has 3 aromatic rings. The zero-order valence-electron chi connectivity index (χ0n) is 14.3. The predicted molar refractivity (Wildman–Crippen MR) is 95.6 cm³/mol. The van der Waals surface area contributed by atoms with Gasteiger partial charge in [0.1, 0.15) is 10.7 Å². The van der Waals surface area contributed by atoms with E-state index in [1.165, 1.54) is 0 Å².